The third-order valence-corrected chi connectivity index (χ3v) is 6.40. The second-order valence-electron chi connectivity index (χ2n) is 8.60. The zero-order valence-corrected chi connectivity index (χ0v) is 18.7. The molecule has 0 bridgehead atoms. The van der Waals surface area contributed by atoms with Gasteiger partial charge >= 0.3 is 5.97 Å². The van der Waals surface area contributed by atoms with Gasteiger partial charge in [-0.25, -0.2) is 9.18 Å². The number of esters is 1. The lowest BCUT2D eigenvalue weighted by Gasteiger charge is -2.37. The van der Waals surface area contributed by atoms with Crippen molar-refractivity contribution in [2.45, 2.75) is 58.0 Å². The minimum atomic E-state index is -0.576. The van der Waals surface area contributed by atoms with Gasteiger partial charge in [0.2, 0.25) is 0 Å². The van der Waals surface area contributed by atoms with Crippen LogP contribution in [-0.4, -0.2) is 17.9 Å². The third-order valence-electron chi connectivity index (χ3n) is 6.40. The molecule has 0 aromatic heterocycles. The number of hydrogen-bond donors (Lipinski definition) is 1. The van der Waals surface area contributed by atoms with Gasteiger partial charge in [-0.1, -0.05) is 49.4 Å². The molecular formula is C27H28FNO3. The molecule has 2 aromatic carbocycles. The van der Waals surface area contributed by atoms with Gasteiger partial charge in [-0.3, -0.25) is 4.79 Å². The Morgan fingerprint density at radius 2 is 1.78 bits per heavy atom. The number of nitrogens with one attached hydrogen (secondary N) is 1. The van der Waals surface area contributed by atoms with E-state index in [1.165, 1.54) is 12.1 Å². The van der Waals surface area contributed by atoms with Crippen LogP contribution in [0.5, 0.6) is 0 Å². The summed E-state index contributed by atoms with van der Waals surface area (Å²) in [6, 6.07) is 16.0. The summed E-state index contributed by atoms with van der Waals surface area (Å²) in [5.41, 5.74) is 4.35. The van der Waals surface area contributed by atoms with Gasteiger partial charge in [0.05, 0.1) is 11.7 Å². The van der Waals surface area contributed by atoms with E-state index in [0.717, 1.165) is 11.3 Å². The molecule has 0 fully saturated rings. The van der Waals surface area contributed by atoms with Crippen molar-refractivity contribution in [3.63, 3.8) is 0 Å². The monoisotopic (exact) mass is 433 g/mol. The summed E-state index contributed by atoms with van der Waals surface area (Å²) in [4.78, 5) is 26.6. The van der Waals surface area contributed by atoms with Crippen molar-refractivity contribution in [2.75, 3.05) is 0 Å². The Kier molecular flexibility index (Phi) is 6.26. The molecule has 2 aliphatic rings. The Bertz CT molecular complexity index is 1090. The molecule has 0 unspecified atom stereocenters. The zero-order chi connectivity index (χ0) is 22.8. The van der Waals surface area contributed by atoms with E-state index in [-0.39, 0.29) is 23.6 Å². The zero-order valence-electron chi connectivity index (χ0n) is 18.7. The maximum atomic E-state index is 13.7. The quantitative estimate of drug-likeness (QED) is 0.630. The Labute approximate surface area is 188 Å². The van der Waals surface area contributed by atoms with E-state index in [1.54, 1.807) is 12.1 Å². The average Bonchev–Trinajstić information content (AvgIpc) is 2.79. The summed E-state index contributed by atoms with van der Waals surface area (Å²) in [5.74, 6) is -1.30. The number of ether oxygens (including phenoxy) is 1. The van der Waals surface area contributed by atoms with E-state index in [2.05, 4.69) is 5.32 Å². The van der Waals surface area contributed by atoms with Crippen LogP contribution in [0.2, 0.25) is 0 Å². The minimum Gasteiger partial charge on any atom is -0.459 e. The molecule has 3 atom stereocenters. The highest BCUT2D eigenvalue weighted by Gasteiger charge is 2.41. The van der Waals surface area contributed by atoms with Gasteiger partial charge in [-0.2, -0.15) is 0 Å². The topological polar surface area (TPSA) is 55.4 Å². The molecule has 1 N–H and O–H groups in total. The van der Waals surface area contributed by atoms with Gasteiger partial charge in [0.25, 0.3) is 0 Å². The largest absolute Gasteiger partial charge is 0.459 e. The van der Waals surface area contributed by atoms with E-state index < -0.39 is 11.9 Å². The highest BCUT2D eigenvalue weighted by molar-refractivity contribution is 6.04. The fraction of sp³-hybridized carbons (Fsp3) is 0.333. The van der Waals surface area contributed by atoms with E-state index in [1.807, 2.05) is 51.1 Å². The highest BCUT2D eigenvalue weighted by Crippen LogP contribution is 2.45. The molecule has 1 heterocycles. The number of halogens is 1. The maximum Gasteiger partial charge on any atom is 0.337 e. The molecule has 1 aliphatic heterocycles. The second-order valence-corrected chi connectivity index (χ2v) is 8.60. The predicted molar refractivity (Wildman–Crippen MR) is 121 cm³/mol. The van der Waals surface area contributed by atoms with Crippen LogP contribution in [0, 0.1) is 5.82 Å². The van der Waals surface area contributed by atoms with Crippen LogP contribution in [0.25, 0.3) is 0 Å². The van der Waals surface area contributed by atoms with Crippen LogP contribution < -0.4 is 5.32 Å². The van der Waals surface area contributed by atoms with Crippen LogP contribution in [-0.2, 0) is 14.3 Å². The fourth-order valence-corrected chi connectivity index (χ4v) is 4.59. The van der Waals surface area contributed by atoms with E-state index in [9.17, 15) is 14.0 Å². The SMILES string of the molecule is CC[C@H](C)OC(=O)C1=C(C)NC2=C(C(=O)C[C@H](c3ccccc3)C2)[C@H]1c1ccc(F)cc1. The fourth-order valence-electron chi connectivity index (χ4n) is 4.59. The molecule has 0 saturated carbocycles. The summed E-state index contributed by atoms with van der Waals surface area (Å²) >= 11 is 0. The second kappa shape index (κ2) is 9.11. The molecule has 0 amide bonds. The molecule has 0 radical (unpaired) electrons. The highest BCUT2D eigenvalue weighted by atomic mass is 19.1. The normalized spacial score (nSPS) is 21.7. The Balaban J connectivity index is 1.78. The number of carbonyl (C=O) groups excluding carboxylic acids is 2. The summed E-state index contributed by atoms with van der Waals surface area (Å²) in [6.45, 7) is 5.63. The molecule has 0 saturated heterocycles. The molecule has 5 heteroatoms. The van der Waals surface area contributed by atoms with Gasteiger partial charge in [0.15, 0.2) is 5.78 Å². The maximum absolute atomic E-state index is 13.7. The van der Waals surface area contributed by atoms with Gasteiger partial charge in [-0.05, 0) is 55.9 Å². The predicted octanol–water partition coefficient (Wildman–Crippen LogP) is 5.53. The third kappa shape index (κ3) is 4.24. The standard InChI is InChI=1S/C27H28FNO3/c1-4-16(2)32-27(31)24-17(3)29-22-14-20(18-8-6-5-7-9-18)15-23(30)26(22)25(24)19-10-12-21(28)13-11-19/h5-13,16,20,25,29H,4,14-15H2,1-3H3/t16-,20+,25-/m0/s1. The molecule has 2 aromatic rings. The number of Topliss-reactive ketones (excluding diaryl/α,β-unsaturated/α-hetero) is 1. The molecule has 4 rings (SSSR count). The first-order valence-electron chi connectivity index (χ1n) is 11.1. The van der Waals surface area contributed by atoms with Crippen LogP contribution in [0.3, 0.4) is 0 Å². The van der Waals surface area contributed by atoms with Crippen LogP contribution in [0.4, 0.5) is 4.39 Å². The molecule has 0 spiro atoms. The van der Waals surface area contributed by atoms with Crippen LogP contribution >= 0.6 is 0 Å². The van der Waals surface area contributed by atoms with Crippen molar-refractivity contribution < 1.29 is 18.7 Å². The minimum absolute atomic E-state index is 0.00303. The van der Waals surface area contributed by atoms with Crippen LogP contribution in [0.1, 0.15) is 63.0 Å². The lowest BCUT2D eigenvalue weighted by Crippen LogP contribution is -2.36. The van der Waals surface area contributed by atoms with Crippen LogP contribution in [0.15, 0.2) is 77.1 Å². The van der Waals surface area contributed by atoms with Crippen molar-refractivity contribution in [3.05, 3.63) is 94.1 Å². The number of allylic oxidation sites excluding steroid dienone is 3. The van der Waals surface area contributed by atoms with Gasteiger partial charge in [0.1, 0.15) is 5.82 Å². The summed E-state index contributed by atoms with van der Waals surface area (Å²) in [7, 11) is 0. The summed E-state index contributed by atoms with van der Waals surface area (Å²) in [6.07, 6.45) is 1.50. The number of carbonyl (C=O) groups is 2. The smallest absolute Gasteiger partial charge is 0.337 e. The Morgan fingerprint density at radius 1 is 1.09 bits per heavy atom. The number of benzene rings is 2. The first-order chi connectivity index (χ1) is 15.4. The van der Waals surface area contributed by atoms with Crippen molar-refractivity contribution in [2.24, 2.45) is 0 Å². The molecule has 4 nitrogen and oxygen atoms in total. The summed E-state index contributed by atoms with van der Waals surface area (Å²) < 4.78 is 19.3. The number of dihydropyridines is 1. The molecular weight excluding hydrogens is 405 g/mol. The first kappa shape index (κ1) is 22.0. The van der Waals surface area contributed by atoms with E-state index in [4.69, 9.17) is 4.74 Å². The number of ketones is 1. The van der Waals surface area contributed by atoms with Gasteiger partial charge < -0.3 is 10.1 Å². The molecule has 1 aliphatic carbocycles. The van der Waals surface area contributed by atoms with E-state index in [0.29, 0.717) is 41.7 Å². The van der Waals surface area contributed by atoms with Crippen molar-refractivity contribution >= 4 is 11.8 Å². The number of hydrogen-bond acceptors (Lipinski definition) is 4. The average molecular weight is 434 g/mol. The van der Waals surface area contributed by atoms with E-state index >= 15 is 0 Å². The van der Waals surface area contributed by atoms with Gasteiger partial charge in [0, 0.05) is 29.3 Å². The van der Waals surface area contributed by atoms with Crippen molar-refractivity contribution in [1.82, 2.24) is 5.32 Å². The lowest BCUT2D eigenvalue weighted by atomic mass is 9.72. The van der Waals surface area contributed by atoms with Crippen molar-refractivity contribution in [3.8, 4) is 0 Å². The van der Waals surface area contributed by atoms with Crippen molar-refractivity contribution in [1.29, 1.82) is 0 Å². The summed E-state index contributed by atoms with van der Waals surface area (Å²) in [5, 5.41) is 3.35. The van der Waals surface area contributed by atoms with Gasteiger partial charge in [-0.15, -0.1) is 0 Å². The molecule has 166 valence electrons. The lowest BCUT2D eigenvalue weighted by molar-refractivity contribution is -0.144. The Morgan fingerprint density at radius 3 is 2.44 bits per heavy atom. The molecule has 32 heavy (non-hydrogen) atoms. The number of rotatable bonds is 5. The first-order valence-corrected chi connectivity index (χ1v) is 11.1. The Hall–Kier alpha value is -3.21.